The fourth-order valence-corrected chi connectivity index (χ4v) is 1.91. The summed E-state index contributed by atoms with van der Waals surface area (Å²) in [6.45, 7) is 8.22. The molecule has 1 saturated carbocycles. The summed E-state index contributed by atoms with van der Waals surface area (Å²) in [5, 5.41) is 0. The highest BCUT2D eigenvalue weighted by Gasteiger charge is 2.30. The van der Waals surface area contributed by atoms with Crippen LogP contribution in [0, 0.1) is 11.8 Å². The molecule has 0 aromatic heterocycles. The van der Waals surface area contributed by atoms with Gasteiger partial charge in [0.15, 0.2) is 0 Å². The Hall–Kier alpha value is -0.830. The lowest BCUT2D eigenvalue weighted by molar-refractivity contribution is -0.203. The normalized spacial score (nSPS) is 19.4. The lowest BCUT2D eigenvalue weighted by Gasteiger charge is -2.29. The maximum Gasteiger partial charge on any atom is 0.311 e. The summed E-state index contributed by atoms with van der Waals surface area (Å²) in [6.07, 6.45) is 8.72. The number of esters is 1. The molecule has 3 heteroatoms. The number of rotatable bonds is 8. The summed E-state index contributed by atoms with van der Waals surface area (Å²) in [6, 6.07) is 0. The summed E-state index contributed by atoms with van der Waals surface area (Å²) >= 11 is 0. The predicted octanol–water partition coefficient (Wildman–Crippen LogP) is 4.07. The van der Waals surface area contributed by atoms with E-state index >= 15 is 0 Å². The number of hydrogen-bond donors (Lipinski definition) is 0. The molecule has 0 amide bonds. The van der Waals surface area contributed by atoms with Crippen LogP contribution in [-0.4, -0.2) is 18.4 Å². The van der Waals surface area contributed by atoms with Gasteiger partial charge in [0.1, 0.15) is 0 Å². The monoisotopic (exact) mass is 268 g/mol. The summed E-state index contributed by atoms with van der Waals surface area (Å²) < 4.78 is 11.5. The highest BCUT2D eigenvalue weighted by molar-refractivity contribution is 5.73. The molecule has 1 aliphatic rings. The third-order valence-corrected chi connectivity index (χ3v) is 3.51. The Balaban J connectivity index is 2.50. The minimum Gasteiger partial charge on any atom is -0.435 e. The molecular formula is C16H28O3. The minimum atomic E-state index is -0.431. The zero-order valence-corrected chi connectivity index (χ0v) is 12.7. The molecule has 1 rings (SSSR count). The van der Waals surface area contributed by atoms with Crippen molar-refractivity contribution in [1.29, 1.82) is 0 Å². The molecule has 0 aromatic rings. The molecular weight excluding hydrogens is 240 g/mol. The van der Waals surface area contributed by atoms with E-state index in [1.807, 2.05) is 13.8 Å². The summed E-state index contributed by atoms with van der Waals surface area (Å²) in [5.74, 6) is 0.198. The van der Waals surface area contributed by atoms with Gasteiger partial charge >= 0.3 is 5.97 Å². The van der Waals surface area contributed by atoms with Crippen LogP contribution in [0.5, 0.6) is 0 Å². The van der Waals surface area contributed by atoms with Crippen LogP contribution in [-0.2, 0) is 14.3 Å². The summed E-state index contributed by atoms with van der Waals surface area (Å²) in [4.78, 5) is 11.9. The minimum absolute atomic E-state index is 0.0292. The van der Waals surface area contributed by atoms with Gasteiger partial charge in [0.25, 0.3) is 0 Å². The zero-order chi connectivity index (χ0) is 14.3. The second-order valence-corrected chi connectivity index (χ2v) is 5.60. The standard InChI is InChI=1S/C16H28O3/c1-5-7-11-14(6-2)18-16(12(3)4)19-15(17)13-9-8-10-13/h7,11-14,16H,5-6,8-10H2,1-4H3. The first kappa shape index (κ1) is 16.2. The van der Waals surface area contributed by atoms with Crippen LogP contribution < -0.4 is 0 Å². The summed E-state index contributed by atoms with van der Waals surface area (Å²) in [7, 11) is 0. The third-order valence-electron chi connectivity index (χ3n) is 3.51. The van der Waals surface area contributed by atoms with Gasteiger partial charge in [-0.2, -0.15) is 0 Å². The Morgan fingerprint density at radius 2 is 2.00 bits per heavy atom. The second-order valence-electron chi connectivity index (χ2n) is 5.60. The molecule has 0 aromatic carbocycles. The number of allylic oxidation sites excluding steroid dienone is 1. The average Bonchev–Trinajstić information content (AvgIpc) is 2.30. The van der Waals surface area contributed by atoms with Crippen molar-refractivity contribution in [3.63, 3.8) is 0 Å². The molecule has 1 aliphatic carbocycles. The van der Waals surface area contributed by atoms with Crippen molar-refractivity contribution in [3.05, 3.63) is 12.2 Å². The summed E-state index contributed by atoms with van der Waals surface area (Å²) in [5.41, 5.74) is 0. The van der Waals surface area contributed by atoms with Gasteiger partial charge in [-0.15, -0.1) is 0 Å². The van der Waals surface area contributed by atoms with Gasteiger partial charge in [-0.25, -0.2) is 0 Å². The lowest BCUT2D eigenvalue weighted by Crippen LogP contribution is -2.34. The highest BCUT2D eigenvalue weighted by atomic mass is 16.7. The lowest BCUT2D eigenvalue weighted by atomic mass is 9.86. The van der Waals surface area contributed by atoms with Gasteiger partial charge in [0.2, 0.25) is 6.29 Å². The SMILES string of the molecule is CCC=CC(CC)OC(OC(=O)C1CCC1)C(C)C. The van der Waals surface area contributed by atoms with Crippen LogP contribution in [0.2, 0.25) is 0 Å². The van der Waals surface area contributed by atoms with Gasteiger partial charge in [0.05, 0.1) is 12.0 Å². The van der Waals surface area contributed by atoms with Crippen LogP contribution in [0.3, 0.4) is 0 Å². The van der Waals surface area contributed by atoms with Gasteiger partial charge in [-0.3, -0.25) is 4.79 Å². The molecule has 0 bridgehead atoms. The maximum atomic E-state index is 11.9. The fourth-order valence-electron chi connectivity index (χ4n) is 1.91. The second kappa shape index (κ2) is 8.36. The Bertz CT molecular complexity index is 292. The van der Waals surface area contributed by atoms with E-state index in [1.54, 1.807) is 0 Å². The molecule has 1 fully saturated rings. The van der Waals surface area contributed by atoms with E-state index in [0.29, 0.717) is 0 Å². The number of carbonyl (C=O) groups is 1. The molecule has 3 nitrogen and oxygen atoms in total. The maximum absolute atomic E-state index is 11.9. The van der Waals surface area contributed by atoms with E-state index in [-0.39, 0.29) is 23.9 Å². The first-order chi connectivity index (χ1) is 9.08. The Morgan fingerprint density at radius 3 is 2.42 bits per heavy atom. The van der Waals surface area contributed by atoms with E-state index in [1.165, 1.54) is 0 Å². The number of hydrogen-bond acceptors (Lipinski definition) is 3. The Kier molecular flexibility index (Phi) is 7.14. The molecule has 19 heavy (non-hydrogen) atoms. The van der Waals surface area contributed by atoms with Crippen LogP contribution in [0.25, 0.3) is 0 Å². The Labute approximate surface area is 117 Å². The van der Waals surface area contributed by atoms with Crippen molar-refractivity contribution in [2.75, 3.05) is 0 Å². The van der Waals surface area contributed by atoms with Crippen LogP contribution in [0.15, 0.2) is 12.2 Å². The number of ether oxygens (including phenoxy) is 2. The van der Waals surface area contributed by atoms with Gasteiger partial charge < -0.3 is 9.47 Å². The molecule has 2 unspecified atom stereocenters. The molecule has 110 valence electrons. The molecule has 0 spiro atoms. The first-order valence-corrected chi connectivity index (χ1v) is 7.61. The average molecular weight is 268 g/mol. The molecule has 0 heterocycles. The van der Waals surface area contributed by atoms with Crippen molar-refractivity contribution < 1.29 is 14.3 Å². The molecule has 2 atom stereocenters. The molecule has 0 aliphatic heterocycles. The Morgan fingerprint density at radius 1 is 1.32 bits per heavy atom. The van der Waals surface area contributed by atoms with Crippen LogP contribution in [0.1, 0.15) is 59.8 Å². The fraction of sp³-hybridized carbons (Fsp3) is 0.812. The van der Waals surface area contributed by atoms with Crippen molar-refractivity contribution in [2.45, 2.75) is 72.2 Å². The van der Waals surface area contributed by atoms with Crippen molar-refractivity contribution in [3.8, 4) is 0 Å². The molecule has 0 N–H and O–H groups in total. The van der Waals surface area contributed by atoms with E-state index in [0.717, 1.165) is 32.1 Å². The smallest absolute Gasteiger partial charge is 0.311 e. The van der Waals surface area contributed by atoms with E-state index < -0.39 is 6.29 Å². The van der Waals surface area contributed by atoms with Crippen LogP contribution >= 0.6 is 0 Å². The molecule has 0 radical (unpaired) electrons. The first-order valence-electron chi connectivity index (χ1n) is 7.61. The van der Waals surface area contributed by atoms with Gasteiger partial charge in [-0.05, 0) is 25.7 Å². The third kappa shape index (κ3) is 5.35. The number of carbonyl (C=O) groups excluding carboxylic acids is 1. The topological polar surface area (TPSA) is 35.5 Å². The molecule has 0 saturated heterocycles. The van der Waals surface area contributed by atoms with Crippen molar-refractivity contribution >= 4 is 5.97 Å². The van der Waals surface area contributed by atoms with E-state index in [4.69, 9.17) is 9.47 Å². The van der Waals surface area contributed by atoms with Crippen molar-refractivity contribution in [2.24, 2.45) is 11.8 Å². The predicted molar refractivity (Wildman–Crippen MR) is 76.7 cm³/mol. The van der Waals surface area contributed by atoms with Gasteiger partial charge in [-0.1, -0.05) is 46.3 Å². The van der Waals surface area contributed by atoms with Crippen molar-refractivity contribution in [1.82, 2.24) is 0 Å². The van der Waals surface area contributed by atoms with E-state index in [9.17, 15) is 4.79 Å². The largest absolute Gasteiger partial charge is 0.435 e. The highest BCUT2D eigenvalue weighted by Crippen LogP contribution is 2.28. The zero-order valence-electron chi connectivity index (χ0n) is 12.7. The van der Waals surface area contributed by atoms with E-state index in [2.05, 4.69) is 26.0 Å². The van der Waals surface area contributed by atoms with Crippen LogP contribution in [0.4, 0.5) is 0 Å². The quantitative estimate of drug-likeness (QED) is 0.378. The van der Waals surface area contributed by atoms with Gasteiger partial charge in [0, 0.05) is 5.92 Å².